The number of nitrogens with one attached hydrogen (secondary N) is 1. The number of amides is 1. The fourth-order valence-electron chi connectivity index (χ4n) is 3.07. The summed E-state index contributed by atoms with van der Waals surface area (Å²) in [5, 5.41) is 10.5. The molecule has 1 unspecified atom stereocenters. The van der Waals surface area contributed by atoms with Crippen molar-refractivity contribution in [3.05, 3.63) is 77.9 Å². The van der Waals surface area contributed by atoms with Crippen molar-refractivity contribution >= 4 is 11.6 Å². The van der Waals surface area contributed by atoms with Crippen molar-refractivity contribution in [2.75, 3.05) is 5.32 Å². The van der Waals surface area contributed by atoms with Crippen LogP contribution in [-0.2, 0) is 22.7 Å². The number of ether oxygens (including phenoxy) is 1. The van der Waals surface area contributed by atoms with Gasteiger partial charge in [-0.05, 0) is 28.8 Å². The molecule has 6 nitrogen and oxygen atoms in total. The highest BCUT2D eigenvalue weighted by atomic mass is 16.5. The maximum Gasteiger partial charge on any atom is 0.227 e. The fraction of sp³-hybridized carbons (Fsp3) is 0.211. The van der Waals surface area contributed by atoms with Gasteiger partial charge in [-0.15, -0.1) is 10.2 Å². The van der Waals surface area contributed by atoms with Gasteiger partial charge in [-0.25, -0.2) is 0 Å². The Kier molecular flexibility index (Phi) is 4.26. The summed E-state index contributed by atoms with van der Waals surface area (Å²) in [4.78, 5) is 12.4. The third kappa shape index (κ3) is 3.59. The van der Waals surface area contributed by atoms with Gasteiger partial charge in [-0.1, -0.05) is 36.4 Å². The summed E-state index contributed by atoms with van der Waals surface area (Å²) in [5.74, 6) is -0.0526. The second-order valence-electron chi connectivity index (χ2n) is 6.09. The van der Waals surface area contributed by atoms with Crippen LogP contribution in [0.15, 0.2) is 61.2 Å². The van der Waals surface area contributed by atoms with Crippen LogP contribution in [-0.4, -0.2) is 20.7 Å². The summed E-state index contributed by atoms with van der Waals surface area (Å²) in [5.41, 5.74) is 4.12. The molecule has 0 spiro atoms. The number of anilines is 1. The topological polar surface area (TPSA) is 69.0 Å². The van der Waals surface area contributed by atoms with Crippen LogP contribution >= 0.6 is 0 Å². The number of hydrogen-bond donors (Lipinski definition) is 1. The molecule has 0 saturated carbocycles. The van der Waals surface area contributed by atoms with Crippen LogP contribution in [0.5, 0.6) is 0 Å². The summed E-state index contributed by atoms with van der Waals surface area (Å²) < 4.78 is 7.63. The first-order chi connectivity index (χ1) is 12.3. The Balaban J connectivity index is 1.40. The molecule has 1 atom stereocenters. The molecule has 2 aromatic carbocycles. The van der Waals surface area contributed by atoms with E-state index < -0.39 is 0 Å². The zero-order valence-corrected chi connectivity index (χ0v) is 13.6. The molecule has 0 saturated heterocycles. The first-order valence-electron chi connectivity index (χ1n) is 8.18. The summed E-state index contributed by atoms with van der Waals surface area (Å²) >= 11 is 0. The van der Waals surface area contributed by atoms with Gasteiger partial charge in [0.25, 0.3) is 0 Å². The Morgan fingerprint density at radius 2 is 2.00 bits per heavy atom. The number of carbonyl (C=O) groups excluding carboxylic acids is 1. The molecule has 0 aliphatic carbocycles. The molecule has 6 heteroatoms. The summed E-state index contributed by atoms with van der Waals surface area (Å²) in [6.07, 6.45) is 3.48. The zero-order valence-electron chi connectivity index (χ0n) is 13.6. The van der Waals surface area contributed by atoms with E-state index >= 15 is 0 Å². The molecule has 3 aromatic rings. The van der Waals surface area contributed by atoms with Gasteiger partial charge < -0.3 is 14.6 Å². The van der Waals surface area contributed by atoms with Crippen LogP contribution in [0.4, 0.5) is 5.69 Å². The van der Waals surface area contributed by atoms with Crippen molar-refractivity contribution in [1.82, 2.24) is 14.8 Å². The lowest BCUT2D eigenvalue weighted by atomic mass is 10.0. The van der Waals surface area contributed by atoms with Gasteiger partial charge in [0.15, 0.2) is 0 Å². The average Bonchev–Trinajstić information content (AvgIpc) is 3.26. The largest absolute Gasteiger partial charge is 0.368 e. The maximum absolute atomic E-state index is 12.4. The highest BCUT2D eigenvalue weighted by Crippen LogP contribution is 2.32. The smallest absolute Gasteiger partial charge is 0.227 e. The van der Waals surface area contributed by atoms with E-state index in [0.717, 1.165) is 22.4 Å². The molecule has 0 fully saturated rings. The summed E-state index contributed by atoms with van der Waals surface area (Å²) in [6, 6.07) is 15.8. The third-order valence-corrected chi connectivity index (χ3v) is 4.26. The van der Waals surface area contributed by atoms with Crippen molar-refractivity contribution in [1.29, 1.82) is 0 Å². The molecule has 1 aliphatic heterocycles. The minimum absolute atomic E-state index is 0.0526. The standard InChI is InChI=1S/C19H18N4O2/c24-19(9-18-17-7-2-1-5-15(17)11-25-18)22-16-6-3-4-14(8-16)10-23-12-20-21-13-23/h1-8,12-13,18H,9-11H2,(H,22,24). The minimum Gasteiger partial charge on any atom is -0.368 e. The van der Waals surface area contributed by atoms with Gasteiger partial charge >= 0.3 is 0 Å². The van der Waals surface area contributed by atoms with Crippen molar-refractivity contribution in [3.8, 4) is 0 Å². The molecule has 126 valence electrons. The first kappa shape index (κ1) is 15.5. The van der Waals surface area contributed by atoms with E-state index in [2.05, 4.69) is 15.5 Å². The van der Waals surface area contributed by atoms with Gasteiger partial charge in [0.2, 0.25) is 5.91 Å². The molecule has 1 amide bonds. The second kappa shape index (κ2) is 6.86. The molecule has 0 bridgehead atoms. The van der Waals surface area contributed by atoms with E-state index in [-0.39, 0.29) is 12.0 Å². The van der Waals surface area contributed by atoms with Crippen LogP contribution in [0.25, 0.3) is 0 Å². The molecule has 4 rings (SSSR count). The highest BCUT2D eigenvalue weighted by Gasteiger charge is 2.25. The monoisotopic (exact) mass is 334 g/mol. The van der Waals surface area contributed by atoms with Gasteiger partial charge in [-0.2, -0.15) is 0 Å². The molecule has 1 aliphatic rings. The lowest BCUT2D eigenvalue weighted by Gasteiger charge is -2.12. The Morgan fingerprint density at radius 3 is 2.88 bits per heavy atom. The minimum atomic E-state index is -0.170. The van der Waals surface area contributed by atoms with E-state index in [9.17, 15) is 4.79 Å². The fourth-order valence-corrected chi connectivity index (χ4v) is 3.07. The number of rotatable bonds is 5. The van der Waals surface area contributed by atoms with Gasteiger partial charge in [0, 0.05) is 5.69 Å². The average molecular weight is 334 g/mol. The van der Waals surface area contributed by atoms with Crippen molar-refractivity contribution in [2.24, 2.45) is 0 Å². The number of carbonyl (C=O) groups is 1. The molecule has 1 aromatic heterocycles. The van der Waals surface area contributed by atoms with Crippen LogP contribution in [0, 0.1) is 0 Å². The lowest BCUT2D eigenvalue weighted by Crippen LogP contribution is -2.15. The third-order valence-electron chi connectivity index (χ3n) is 4.26. The molecular formula is C19H18N4O2. The molecular weight excluding hydrogens is 316 g/mol. The number of benzene rings is 2. The number of fused-ring (bicyclic) bond motifs is 1. The van der Waals surface area contributed by atoms with Crippen molar-refractivity contribution < 1.29 is 9.53 Å². The number of aromatic nitrogens is 3. The quantitative estimate of drug-likeness (QED) is 0.779. The van der Waals surface area contributed by atoms with E-state index in [0.29, 0.717) is 19.6 Å². The number of nitrogens with zero attached hydrogens (tertiary/aromatic N) is 3. The number of hydrogen-bond acceptors (Lipinski definition) is 4. The predicted molar refractivity (Wildman–Crippen MR) is 92.8 cm³/mol. The predicted octanol–water partition coefficient (Wildman–Crippen LogP) is 2.93. The van der Waals surface area contributed by atoms with Crippen LogP contribution < -0.4 is 5.32 Å². The summed E-state index contributed by atoms with van der Waals surface area (Å²) in [7, 11) is 0. The first-order valence-corrected chi connectivity index (χ1v) is 8.18. The van der Waals surface area contributed by atoms with E-state index in [4.69, 9.17) is 4.74 Å². The van der Waals surface area contributed by atoms with Crippen LogP contribution in [0.3, 0.4) is 0 Å². The molecule has 1 N–H and O–H groups in total. The molecule has 25 heavy (non-hydrogen) atoms. The Bertz CT molecular complexity index is 877. The Morgan fingerprint density at radius 1 is 1.16 bits per heavy atom. The lowest BCUT2D eigenvalue weighted by molar-refractivity contribution is -0.118. The second-order valence-corrected chi connectivity index (χ2v) is 6.09. The Labute approximate surface area is 145 Å². The van der Waals surface area contributed by atoms with E-state index in [1.807, 2.05) is 53.1 Å². The molecule has 0 radical (unpaired) electrons. The summed E-state index contributed by atoms with van der Waals surface area (Å²) in [6.45, 7) is 1.23. The van der Waals surface area contributed by atoms with Crippen molar-refractivity contribution in [3.63, 3.8) is 0 Å². The van der Waals surface area contributed by atoms with E-state index in [1.54, 1.807) is 12.7 Å². The highest BCUT2D eigenvalue weighted by molar-refractivity contribution is 5.91. The van der Waals surface area contributed by atoms with Crippen LogP contribution in [0.2, 0.25) is 0 Å². The van der Waals surface area contributed by atoms with E-state index in [1.165, 1.54) is 0 Å². The van der Waals surface area contributed by atoms with Gasteiger partial charge in [-0.3, -0.25) is 4.79 Å². The van der Waals surface area contributed by atoms with Crippen molar-refractivity contribution in [2.45, 2.75) is 25.7 Å². The molecule has 2 heterocycles. The normalized spacial score (nSPS) is 15.8. The van der Waals surface area contributed by atoms with Gasteiger partial charge in [0.05, 0.1) is 25.7 Å². The van der Waals surface area contributed by atoms with Crippen LogP contribution in [0.1, 0.15) is 29.2 Å². The maximum atomic E-state index is 12.4. The SMILES string of the molecule is O=C(CC1OCc2ccccc21)Nc1cccc(Cn2cnnc2)c1. The zero-order chi connectivity index (χ0) is 17.1. The Hall–Kier alpha value is -2.99. The van der Waals surface area contributed by atoms with Gasteiger partial charge in [0.1, 0.15) is 12.7 Å².